The molecule has 0 aromatic carbocycles. The molecule has 1 aromatic heterocycles. The maximum absolute atomic E-state index is 8.19. The Labute approximate surface area is 95.3 Å². The van der Waals surface area contributed by atoms with E-state index in [0.29, 0.717) is 5.71 Å². The van der Waals surface area contributed by atoms with E-state index in [0.717, 1.165) is 36.3 Å². The van der Waals surface area contributed by atoms with Crippen molar-refractivity contribution >= 4 is 5.71 Å². The molecule has 0 saturated carbocycles. The fraction of sp³-hybridized carbons (Fsp3) is 0.333. The van der Waals surface area contributed by atoms with Gasteiger partial charge in [-0.1, -0.05) is 0 Å². The van der Waals surface area contributed by atoms with Crippen molar-refractivity contribution in [2.75, 3.05) is 20.1 Å². The van der Waals surface area contributed by atoms with Crippen molar-refractivity contribution in [3.63, 3.8) is 0 Å². The zero-order valence-electron chi connectivity index (χ0n) is 9.38. The van der Waals surface area contributed by atoms with E-state index in [1.54, 1.807) is 12.4 Å². The molecule has 3 N–H and O–H groups in total. The van der Waals surface area contributed by atoms with Gasteiger partial charge in [0.1, 0.15) is 0 Å². The van der Waals surface area contributed by atoms with Crippen LogP contribution in [0.25, 0.3) is 0 Å². The summed E-state index contributed by atoms with van der Waals surface area (Å²) in [6.45, 7) is 1.75. The fourth-order valence-electron chi connectivity index (χ4n) is 1.88. The summed E-state index contributed by atoms with van der Waals surface area (Å²) in [6, 6.07) is 3.79. The summed E-state index contributed by atoms with van der Waals surface area (Å²) in [5, 5.41) is 14.6. The van der Waals surface area contributed by atoms with Crippen LogP contribution in [0.4, 0.5) is 0 Å². The molecule has 0 bridgehead atoms. The molecule has 0 amide bonds. The van der Waals surface area contributed by atoms with E-state index in [1.807, 2.05) is 19.2 Å². The quantitative estimate of drug-likeness (QED) is 0.658. The molecule has 16 heavy (non-hydrogen) atoms. The molecular formula is C12H16N4. The van der Waals surface area contributed by atoms with Crippen LogP contribution in [0.15, 0.2) is 35.8 Å². The molecule has 1 aliphatic heterocycles. The normalized spacial score (nSPS) is 16.1. The Bertz CT molecular complexity index is 408. The summed E-state index contributed by atoms with van der Waals surface area (Å²) >= 11 is 0. The Morgan fingerprint density at radius 1 is 1.56 bits per heavy atom. The molecule has 0 spiro atoms. The lowest BCUT2D eigenvalue weighted by Crippen LogP contribution is -2.32. The van der Waals surface area contributed by atoms with Crippen molar-refractivity contribution in [3.05, 3.63) is 41.4 Å². The third-order valence-electron chi connectivity index (χ3n) is 2.77. The lowest BCUT2D eigenvalue weighted by Gasteiger charge is -2.21. The summed E-state index contributed by atoms with van der Waals surface area (Å²) in [4.78, 5) is 4.05. The van der Waals surface area contributed by atoms with Gasteiger partial charge in [-0.25, -0.2) is 0 Å². The van der Waals surface area contributed by atoms with E-state index in [9.17, 15) is 0 Å². The number of nitrogens with one attached hydrogen (secondary N) is 3. The summed E-state index contributed by atoms with van der Waals surface area (Å²) in [6.07, 6.45) is 4.36. The smallest absolute Gasteiger partial charge is 0.0677 e. The van der Waals surface area contributed by atoms with Crippen LogP contribution in [0.1, 0.15) is 12.0 Å². The molecule has 2 rings (SSSR count). The number of aromatic nitrogens is 1. The third-order valence-corrected chi connectivity index (χ3v) is 2.77. The number of hydrogen-bond donors (Lipinski definition) is 3. The molecule has 0 unspecified atom stereocenters. The second-order valence-corrected chi connectivity index (χ2v) is 3.75. The Morgan fingerprint density at radius 2 is 2.44 bits per heavy atom. The van der Waals surface area contributed by atoms with Gasteiger partial charge in [-0.2, -0.15) is 0 Å². The van der Waals surface area contributed by atoms with Crippen molar-refractivity contribution < 1.29 is 0 Å². The number of likely N-dealkylation sites (N-methyl/N-ethyl adjacent to an activating group) is 1. The van der Waals surface area contributed by atoms with Crippen molar-refractivity contribution in [3.8, 4) is 0 Å². The maximum atomic E-state index is 8.19. The minimum Gasteiger partial charge on any atom is -0.390 e. The van der Waals surface area contributed by atoms with Gasteiger partial charge in [0.15, 0.2) is 0 Å². The lowest BCUT2D eigenvalue weighted by molar-refractivity contribution is 0.659. The molecule has 4 nitrogen and oxygen atoms in total. The molecule has 0 radical (unpaired) electrons. The van der Waals surface area contributed by atoms with Crippen molar-refractivity contribution in [1.29, 1.82) is 5.41 Å². The van der Waals surface area contributed by atoms with Crippen LogP contribution in [0.5, 0.6) is 0 Å². The molecular weight excluding hydrogens is 200 g/mol. The Balaban J connectivity index is 2.30. The Kier molecular flexibility index (Phi) is 3.31. The summed E-state index contributed by atoms with van der Waals surface area (Å²) in [5.41, 5.74) is 3.67. The van der Waals surface area contributed by atoms with Crippen LogP contribution < -0.4 is 10.6 Å². The van der Waals surface area contributed by atoms with Gasteiger partial charge in [0.25, 0.3) is 0 Å². The Hall–Kier alpha value is -1.68. The molecule has 1 aromatic rings. The first kappa shape index (κ1) is 10.8. The molecule has 4 heteroatoms. The monoisotopic (exact) mass is 216 g/mol. The Morgan fingerprint density at radius 3 is 3.12 bits per heavy atom. The molecule has 1 aliphatic rings. The first-order valence-electron chi connectivity index (χ1n) is 5.42. The fourth-order valence-corrected chi connectivity index (χ4v) is 1.88. The highest BCUT2D eigenvalue weighted by Gasteiger charge is 2.16. The van der Waals surface area contributed by atoms with Crippen molar-refractivity contribution in [2.45, 2.75) is 6.42 Å². The topological polar surface area (TPSA) is 60.8 Å². The van der Waals surface area contributed by atoms with Gasteiger partial charge in [-0.05, 0) is 30.7 Å². The average Bonchev–Trinajstić information content (AvgIpc) is 2.39. The van der Waals surface area contributed by atoms with E-state index in [4.69, 9.17) is 5.41 Å². The second-order valence-electron chi connectivity index (χ2n) is 3.75. The van der Waals surface area contributed by atoms with E-state index in [2.05, 4.69) is 15.6 Å². The highest BCUT2D eigenvalue weighted by molar-refractivity contribution is 6.10. The third kappa shape index (κ3) is 2.12. The predicted octanol–water partition coefficient (Wildman–Crippen LogP) is 0.916. The van der Waals surface area contributed by atoms with Gasteiger partial charge >= 0.3 is 0 Å². The number of pyridine rings is 1. The van der Waals surface area contributed by atoms with Crippen LogP contribution in [-0.2, 0) is 0 Å². The lowest BCUT2D eigenvalue weighted by atomic mass is 9.97. The van der Waals surface area contributed by atoms with E-state index in [1.165, 1.54) is 0 Å². The highest BCUT2D eigenvalue weighted by atomic mass is 15.0. The van der Waals surface area contributed by atoms with Gasteiger partial charge in [-0.3, -0.25) is 10.4 Å². The molecule has 0 aliphatic carbocycles. The highest BCUT2D eigenvalue weighted by Crippen LogP contribution is 2.16. The van der Waals surface area contributed by atoms with Crippen LogP contribution in [0, 0.1) is 5.41 Å². The zero-order valence-corrected chi connectivity index (χ0v) is 9.38. The molecule has 0 saturated heterocycles. The number of hydrogen-bond acceptors (Lipinski definition) is 4. The molecule has 2 heterocycles. The van der Waals surface area contributed by atoms with E-state index in [-0.39, 0.29) is 0 Å². The number of rotatable bonds is 3. The SMILES string of the molecule is CNC1=C(C(=N)c2cccnc2)CCNC1. The van der Waals surface area contributed by atoms with Gasteiger partial charge < -0.3 is 10.6 Å². The minimum atomic E-state index is 0.582. The van der Waals surface area contributed by atoms with Crippen LogP contribution in [0.3, 0.4) is 0 Å². The molecule has 0 atom stereocenters. The first-order valence-corrected chi connectivity index (χ1v) is 5.42. The maximum Gasteiger partial charge on any atom is 0.0677 e. The summed E-state index contributed by atoms with van der Waals surface area (Å²) < 4.78 is 0. The van der Waals surface area contributed by atoms with Crippen molar-refractivity contribution in [2.24, 2.45) is 0 Å². The standard InChI is InChI=1S/C12H16N4/c1-14-11-8-16-6-4-10(11)12(13)9-3-2-5-15-7-9/h2-3,5,7,13-14,16H,4,6,8H2,1H3. The first-order chi connectivity index (χ1) is 7.83. The largest absolute Gasteiger partial charge is 0.390 e. The van der Waals surface area contributed by atoms with Crippen molar-refractivity contribution in [1.82, 2.24) is 15.6 Å². The van der Waals surface area contributed by atoms with Crippen LogP contribution in [0.2, 0.25) is 0 Å². The second kappa shape index (κ2) is 4.90. The predicted molar refractivity (Wildman–Crippen MR) is 64.6 cm³/mol. The van der Waals surface area contributed by atoms with Crippen LogP contribution in [-0.4, -0.2) is 30.8 Å². The summed E-state index contributed by atoms with van der Waals surface area (Å²) in [5.74, 6) is 0. The summed E-state index contributed by atoms with van der Waals surface area (Å²) in [7, 11) is 1.90. The van der Waals surface area contributed by atoms with Gasteiger partial charge in [0.2, 0.25) is 0 Å². The zero-order chi connectivity index (χ0) is 11.4. The number of nitrogens with zero attached hydrogens (tertiary/aromatic N) is 1. The van der Waals surface area contributed by atoms with Gasteiger partial charge in [0, 0.05) is 37.2 Å². The molecule has 0 fully saturated rings. The van der Waals surface area contributed by atoms with Crippen LogP contribution >= 0.6 is 0 Å². The van der Waals surface area contributed by atoms with E-state index < -0.39 is 0 Å². The van der Waals surface area contributed by atoms with E-state index >= 15 is 0 Å². The minimum absolute atomic E-state index is 0.582. The average molecular weight is 216 g/mol. The van der Waals surface area contributed by atoms with Gasteiger partial charge in [-0.15, -0.1) is 0 Å². The molecule has 84 valence electrons. The van der Waals surface area contributed by atoms with Gasteiger partial charge in [0.05, 0.1) is 5.71 Å².